The quantitative estimate of drug-likeness (QED) is 0.678. The third kappa shape index (κ3) is 2.54. The molecule has 1 fully saturated rings. The Morgan fingerprint density at radius 3 is 2.74 bits per heavy atom. The van der Waals surface area contributed by atoms with E-state index in [0.29, 0.717) is 6.42 Å². The first-order valence-corrected chi connectivity index (χ1v) is 6.20. The van der Waals surface area contributed by atoms with E-state index in [4.69, 9.17) is 11.6 Å². The topological polar surface area (TPSA) is 83.7 Å². The number of carbonyl (C=O) groups excluding carboxylic acids is 1. The van der Waals surface area contributed by atoms with Crippen LogP contribution in [0.25, 0.3) is 0 Å². The van der Waals surface area contributed by atoms with Gasteiger partial charge in [-0.3, -0.25) is 14.9 Å². The number of hydrogen-bond donors (Lipinski definition) is 1. The van der Waals surface area contributed by atoms with Crippen molar-refractivity contribution >= 4 is 23.2 Å². The monoisotopic (exact) mass is 284 g/mol. The maximum Gasteiger partial charge on any atom is 0.288 e. The molecule has 1 amide bonds. The van der Waals surface area contributed by atoms with E-state index >= 15 is 0 Å². The third-order valence-electron chi connectivity index (χ3n) is 3.31. The van der Waals surface area contributed by atoms with E-state index in [1.165, 1.54) is 17.0 Å². The second kappa shape index (κ2) is 4.79. The fourth-order valence-electron chi connectivity index (χ4n) is 2.00. The van der Waals surface area contributed by atoms with E-state index in [0.717, 1.165) is 6.07 Å². The molecule has 2 rings (SSSR count). The zero-order valence-corrected chi connectivity index (χ0v) is 11.1. The van der Waals surface area contributed by atoms with Crippen molar-refractivity contribution in [3.05, 3.63) is 38.9 Å². The number of nitro groups is 1. The van der Waals surface area contributed by atoms with Gasteiger partial charge in [-0.1, -0.05) is 18.5 Å². The minimum atomic E-state index is -0.825. The van der Waals surface area contributed by atoms with Gasteiger partial charge in [-0.2, -0.15) is 0 Å². The first-order chi connectivity index (χ1) is 8.86. The van der Waals surface area contributed by atoms with E-state index in [9.17, 15) is 20.0 Å². The van der Waals surface area contributed by atoms with Crippen molar-refractivity contribution in [3.8, 4) is 0 Å². The number of amides is 1. The molecule has 102 valence electrons. The minimum absolute atomic E-state index is 0.00442. The highest BCUT2D eigenvalue weighted by molar-refractivity contribution is 6.32. The molecule has 0 aliphatic carbocycles. The summed E-state index contributed by atoms with van der Waals surface area (Å²) in [6.07, 6.45) is 0.567. The lowest BCUT2D eigenvalue weighted by Gasteiger charge is -2.46. The van der Waals surface area contributed by atoms with Gasteiger partial charge in [-0.25, -0.2) is 0 Å². The summed E-state index contributed by atoms with van der Waals surface area (Å²) >= 11 is 5.68. The highest BCUT2D eigenvalue weighted by atomic mass is 35.5. The molecule has 0 radical (unpaired) electrons. The normalized spacial score (nSPS) is 16.9. The van der Waals surface area contributed by atoms with Crippen LogP contribution in [0.15, 0.2) is 18.2 Å². The molecular weight excluding hydrogens is 272 g/mol. The van der Waals surface area contributed by atoms with Crippen LogP contribution in [-0.2, 0) is 0 Å². The molecule has 7 heteroatoms. The van der Waals surface area contributed by atoms with Crippen molar-refractivity contribution in [3.63, 3.8) is 0 Å². The molecule has 19 heavy (non-hydrogen) atoms. The Hall–Kier alpha value is -1.66. The Bertz CT molecular complexity index is 541. The minimum Gasteiger partial charge on any atom is -0.386 e. The van der Waals surface area contributed by atoms with Gasteiger partial charge in [0.25, 0.3) is 11.6 Å². The van der Waals surface area contributed by atoms with Crippen molar-refractivity contribution in [2.24, 2.45) is 0 Å². The number of likely N-dealkylation sites (tertiary alicyclic amines) is 1. The molecular formula is C12H13ClN2O4. The molecule has 1 aromatic rings. The van der Waals surface area contributed by atoms with Gasteiger partial charge >= 0.3 is 0 Å². The standard InChI is InChI=1S/C12H13ClN2O4/c1-2-12(17)6-14(7-12)11(16)8-3-4-9(13)10(5-8)15(18)19/h3-5,17H,2,6-7H2,1H3. The fraction of sp³-hybridized carbons (Fsp3) is 0.417. The molecule has 0 aromatic heterocycles. The van der Waals surface area contributed by atoms with Crippen LogP contribution < -0.4 is 0 Å². The summed E-state index contributed by atoms with van der Waals surface area (Å²) in [5, 5.41) is 20.6. The van der Waals surface area contributed by atoms with Gasteiger partial charge in [0.15, 0.2) is 0 Å². The van der Waals surface area contributed by atoms with E-state index in [1.807, 2.05) is 6.92 Å². The Balaban J connectivity index is 2.17. The van der Waals surface area contributed by atoms with Crippen LogP contribution >= 0.6 is 11.6 Å². The Kier molecular flexibility index (Phi) is 3.47. The molecule has 1 heterocycles. The lowest BCUT2D eigenvalue weighted by molar-refractivity contribution is -0.384. The summed E-state index contributed by atoms with van der Waals surface area (Å²) in [6, 6.07) is 3.94. The number of β-amino-alcohol motifs (C(OH)–C–C–N with tert-alkyl or cyclic N) is 1. The van der Waals surface area contributed by atoms with Gasteiger partial charge in [0.2, 0.25) is 0 Å². The van der Waals surface area contributed by atoms with E-state index in [-0.39, 0.29) is 35.3 Å². The second-order valence-corrected chi connectivity index (χ2v) is 5.07. The highest BCUT2D eigenvalue weighted by Crippen LogP contribution is 2.29. The van der Waals surface area contributed by atoms with Crippen molar-refractivity contribution < 1.29 is 14.8 Å². The van der Waals surface area contributed by atoms with Gasteiger partial charge in [0.1, 0.15) is 5.02 Å². The number of nitrogens with zero attached hydrogens (tertiary/aromatic N) is 2. The number of carbonyl (C=O) groups is 1. The molecule has 0 bridgehead atoms. The van der Waals surface area contributed by atoms with Gasteiger partial charge in [-0.15, -0.1) is 0 Å². The molecule has 0 saturated carbocycles. The number of hydrogen-bond acceptors (Lipinski definition) is 4. The van der Waals surface area contributed by atoms with E-state index in [2.05, 4.69) is 0 Å². The summed E-state index contributed by atoms with van der Waals surface area (Å²) in [4.78, 5) is 23.6. The lowest BCUT2D eigenvalue weighted by Crippen LogP contribution is -2.63. The Labute approximate surface area is 114 Å². The molecule has 0 unspecified atom stereocenters. The Morgan fingerprint density at radius 2 is 2.21 bits per heavy atom. The van der Waals surface area contributed by atoms with Gasteiger partial charge in [-0.05, 0) is 18.6 Å². The highest BCUT2D eigenvalue weighted by Gasteiger charge is 2.42. The second-order valence-electron chi connectivity index (χ2n) is 4.66. The SMILES string of the molecule is CCC1(O)CN(C(=O)c2ccc(Cl)c([N+](=O)[O-])c2)C1. The molecule has 1 aliphatic heterocycles. The Morgan fingerprint density at radius 1 is 1.58 bits per heavy atom. The van der Waals surface area contributed by atoms with Crippen LogP contribution in [0, 0.1) is 10.1 Å². The maximum atomic E-state index is 12.1. The number of benzene rings is 1. The van der Waals surface area contributed by atoms with Crippen molar-refractivity contribution in [1.82, 2.24) is 4.90 Å². The average Bonchev–Trinajstić information content (AvgIpc) is 2.34. The predicted molar refractivity (Wildman–Crippen MR) is 69.3 cm³/mol. The van der Waals surface area contributed by atoms with E-state index < -0.39 is 10.5 Å². The van der Waals surface area contributed by atoms with Gasteiger partial charge < -0.3 is 10.0 Å². The van der Waals surface area contributed by atoms with Crippen LogP contribution in [0.5, 0.6) is 0 Å². The average molecular weight is 285 g/mol. The summed E-state index contributed by atoms with van der Waals surface area (Å²) < 4.78 is 0. The summed E-state index contributed by atoms with van der Waals surface area (Å²) in [7, 11) is 0. The van der Waals surface area contributed by atoms with Crippen LogP contribution in [0.2, 0.25) is 5.02 Å². The van der Waals surface area contributed by atoms with Crippen LogP contribution in [0.1, 0.15) is 23.7 Å². The molecule has 1 aliphatic rings. The molecule has 6 nitrogen and oxygen atoms in total. The van der Waals surface area contributed by atoms with Crippen molar-refractivity contribution in [1.29, 1.82) is 0 Å². The summed E-state index contributed by atoms with van der Waals surface area (Å²) in [5.74, 6) is -0.335. The third-order valence-corrected chi connectivity index (χ3v) is 3.63. The lowest BCUT2D eigenvalue weighted by atomic mass is 9.90. The molecule has 1 saturated heterocycles. The van der Waals surface area contributed by atoms with Crippen molar-refractivity contribution in [2.75, 3.05) is 13.1 Å². The van der Waals surface area contributed by atoms with Crippen LogP contribution in [0.3, 0.4) is 0 Å². The first kappa shape index (κ1) is 13.8. The smallest absolute Gasteiger partial charge is 0.288 e. The summed E-state index contributed by atoms with van der Waals surface area (Å²) in [5.41, 5.74) is -0.915. The van der Waals surface area contributed by atoms with Gasteiger partial charge in [0.05, 0.1) is 23.6 Å². The number of rotatable bonds is 3. The fourth-order valence-corrected chi connectivity index (χ4v) is 2.19. The predicted octanol–water partition coefficient (Wildman–Crippen LogP) is 1.85. The molecule has 0 atom stereocenters. The van der Waals surface area contributed by atoms with Crippen LogP contribution in [0.4, 0.5) is 5.69 Å². The number of nitro benzene ring substituents is 1. The zero-order valence-electron chi connectivity index (χ0n) is 10.3. The van der Waals surface area contributed by atoms with Crippen LogP contribution in [-0.4, -0.2) is 39.5 Å². The number of halogens is 1. The molecule has 1 N–H and O–H groups in total. The first-order valence-electron chi connectivity index (χ1n) is 5.82. The summed E-state index contributed by atoms with van der Waals surface area (Å²) in [6.45, 7) is 2.34. The maximum absolute atomic E-state index is 12.1. The zero-order chi connectivity index (χ0) is 14.2. The van der Waals surface area contributed by atoms with Gasteiger partial charge in [0, 0.05) is 11.6 Å². The largest absolute Gasteiger partial charge is 0.386 e. The van der Waals surface area contributed by atoms with E-state index in [1.54, 1.807) is 0 Å². The molecule has 0 spiro atoms. The number of aliphatic hydroxyl groups is 1. The molecule has 1 aromatic carbocycles. The van der Waals surface area contributed by atoms with Crippen molar-refractivity contribution in [2.45, 2.75) is 18.9 Å².